The Kier molecular flexibility index (Phi) is 4.55. The van der Waals surface area contributed by atoms with E-state index in [1.807, 2.05) is 6.07 Å². The number of rotatable bonds is 4. The number of hydrogen-bond donors (Lipinski definition) is 2. The molecule has 0 spiro atoms. The molecule has 1 aromatic carbocycles. The number of nitrogens with one attached hydrogen (secondary N) is 2. The van der Waals surface area contributed by atoms with E-state index in [1.165, 1.54) is 5.56 Å². The molecule has 4 nitrogen and oxygen atoms in total. The second-order valence-corrected chi connectivity index (χ2v) is 5.85. The van der Waals surface area contributed by atoms with E-state index in [-0.39, 0.29) is 0 Å². The van der Waals surface area contributed by atoms with Crippen LogP contribution in [0.15, 0.2) is 24.3 Å². The summed E-state index contributed by atoms with van der Waals surface area (Å²) in [5.41, 5.74) is 1.31. The van der Waals surface area contributed by atoms with Crippen molar-refractivity contribution < 1.29 is 9.47 Å². The fourth-order valence-electron chi connectivity index (χ4n) is 3.10. The second kappa shape index (κ2) is 6.57. The Morgan fingerprint density at radius 1 is 1.35 bits per heavy atom. The van der Waals surface area contributed by atoms with Gasteiger partial charge in [-0.2, -0.15) is 0 Å². The Labute approximate surface area is 120 Å². The van der Waals surface area contributed by atoms with Crippen LogP contribution in [-0.4, -0.2) is 44.5 Å². The lowest BCUT2D eigenvalue weighted by Crippen LogP contribution is -2.49. The van der Waals surface area contributed by atoms with Gasteiger partial charge in [-0.25, -0.2) is 0 Å². The predicted octanol–water partition coefficient (Wildman–Crippen LogP) is 1.35. The van der Waals surface area contributed by atoms with E-state index < -0.39 is 0 Å². The van der Waals surface area contributed by atoms with E-state index in [4.69, 9.17) is 9.47 Å². The first-order valence-corrected chi connectivity index (χ1v) is 7.59. The van der Waals surface area contributed by atoms with Crippen molar-refractivity contribution in [1.29, 1.82) is 0 Å². The van der Waals surface area contributed by atoms with Crippen LogP contribution >= 0.6 is 0 Å². The molecule has 1 fully saturated rings. The molecule has 3 rings (SSSR count). The number of ether oxygens (including phenoxy) is 2. The van der Waals surface area contributed by atoms with Crippen molar-refractivity contribution >= 4 is 0 Å². The standard InChI is InChI=1S/C16H24N2O2/c1-12(8-14-10-19-7-6-17-14)18-15-9-13-4-2-3-5-16(13)20-11-15/h2-5,12,14-15,17-18H,6-11H2,1H3. The molecule has 4 heteroatoms. The van der Waals surface area contributed by atoms with E-state index in [0.29, 0.717) is 18.1 Å². The minimum atomic E-state index is 0.407. The number of fused-ring (bicyclic) bond motifs is 1. The molecule has 20 heavy (non-hydrogen) atoms. The van der Waals surface area contributed by atoms with Crippen LogP contribution in [0.2, 0.25) is 0 Å². The van der Waals surface area contributed by atoms with Crippen molar-refractivity contribution in [2.75, 3.05) is 26.4 Å². The molecule has 2 aliphatic rings. The van der Waals surface area contributed by atoms with Gasteiger partial charge in [0.25, 0.3) is 0 Å². The molecule has 0 bridgehead atoms. The van der Waals surface area contributed by atoms with Gasteiger partial charge in [0.05, 0.1) is 13.2 Å². The Balaban J connectivity index is 1.48. The fourth-order valence-corrected chi connectivity index (χ4v) is 3.10. The highest BCUT2D eigenvalue weighted by Crippen LogP contribution is 2.24. The zero-order valence-electron chi connectivity index (χ0n) is 12.1. The lowest BCUT2D eigenvalue weighted by Gasteiger charge is -2.31. The molecule has 2 heterocycles. The van der Waals surface area contributed by atoms with Crippen molar-refractivity contribution in [3.05, 3.63) is 29.8 Å². The van der Waals surface area contributed by atoms with Gasteiger partial charge in [-0.05, 0) is 31.4 Å². The quantitative estimate of drug-likeness (QED) is 0.871. The monoisotopic (exact) mass is 276 g/mol. The SMILES string of the molecule is CC(CC1COCCN1)NC1COc2ccccc2C1. The first-order chi connectivity index (χ1) is 9.81. The van der Waals surface area contributed by atoms with Gasteiger partial charge < -0.3 is 20.1 Å². The minimum absolute atomic E-state index is 0.407. The summed E-state index contributed by atoms with van der Waals surface area (Å²) in [6.45, 7) is 5.64. The summed E-state index contributed by atoms with van der Waals surface area (Å²) < 4.78 is 11.3. The van der Waals surface area contributed by atoms with Crippen LogP contribution in [0.1, 0.15) is 18.9 Å². The zero-order chi connectivity index (χ0) is 13.8. The normalized spacial score (nSPS) is 27.4. The van der Waals surface area contributed by atoms with E-state index >= 15 is 0 Å². The molecule has 1 aromatic rings. The number of para-hydroxylation sites is 1. The maximum Gasteiger partial charge on any atom is 0.122 e. The molecule has 2 aliphatic heterocycles. The Bertz CT molecular complexity index is 432. The van der Waals surface area contributed by atoms with Crippen LogP contribution in [0, 0.1) is 0 Å². The average molecular weight is 276 g/mol. The molecule has 2 N–H and O–H groups in total. The van der Waals surface area contributed by atoms with Gasteiger partial charge in [0.1, 0.15) is 12.4 Å². The first-order valence-electron chi connectivity index (χ1n) is 7.59. The summed E-state index contributed by atoms with van der Waals surface area (Å²) in [5, 5.41) is 7.19. The van der Waals surface area contributed by atoms with E-state index in [9.17, 15) is 0 Å². The van der Waals surface area contributed by atoms with Crippen LogP contribution in [0.4, 0.5) is 0 Å². The van der Waals surface area contributed by atoms with Crippen molar-refractivity contribution in [3.8, 4) is 5.75 Å². The highest BCUT2D eigenvalue weighted by molar-refractivity contribution is 5.35. The third-order valence-electron chi connectivity index (χ3n) is 4.04. The predicted molar refractivity (Wildman–Crippen MR) is 79.3 cm³/mol. The maximum absolute atomic E-state index is 5.82. The molecule has 0 radical (unpaired) electrons. The van der Waals surface area contributed by atoms with Crippen LogP contribution in [0.5, 0.6) is 5.75 Å². The van der Waals surface area contributed by atoms with Crippen molar-refractivity contribution in [1.82, 2.24) is 10.6 Å². The third kappa shape index (κ3) is 3.51. The van der Waals surface area contributed by atoms with Crippen molar-refractivity contribution in [3.63, 3.8) is 0 Å². The number of hydrogen-bond acceptors (Lipinski definition) is 4. The largest absolute Gasteiger partial charge is 0.492 e. The molecule has 0 saturated carbocycles. The van der Waals surface area contributed by atoms with Gasteiger partial charge in [0, 0.05) is 24.7 Å². The Morgan fingerprint density at radius 2 is 2.25 bits per heavy atom. The summed E-state index contributed by atoms with van der Waals surface area (Å²) in [6, 6.07) is 9.67. The number of morpholine rings is 1. The van der Waals surface area contributed by atoms with Gasteiger partial charge in [0.2, 0.25) is 0 Å². The van der Waals surface area contributed by atoms with Crippen LogP contribution in [0.25, 0.3) is 0 Å². The number of benzene rings is 1. The molecule has 0 aliphatic carbocycles. The van der Waals surface area contributed by atoms with Gasteiger partial charge in [-0.1, -0.05) is 18.2 Å². The Hall–Kier alpha value is -1.10. The van der Waals surface area contributed by atoms with Crippen molar-refractivity contribution in [2.24, 2.45) is 0 Å². The van der Waals surface area contributed by atoms with E-state index in [2.05, 4.69) is 35.8 Å². The third-order valence-corrected chi connectivity index (χ3v) is 4.04. The average Bonchev–Trinajstić information content (AvgIpc) is 2.48. The van der Waals surface area contributed by atoms with Gasteiger partial charge >= 0.3 is 0 Å². The maximum atomic E-state index is 5.82. The molecular weight excluding hydrogens is 252 g/mol. The fraction of sp³-hybridized carbons (Fsp3) is 0.625. The lowest BCUT2D eigenvalue weighted by molar-refractivity contribution is 0.0702. The topological polar surface area (TPSA) is 42.5 Å². The van der Waals surface area contributed by atoms with Gasteiger partial charge in [-0.15, -0.1) is 0 Å². The first kappa shape index (κ1) is 13.9. The van der Waals surface area contributed by atoms with Crippen LogP contribution in [0.3, 0.4) is 0 Å². The molecule has 3 unspecified atom stereocenters. The molecule has 1 saturated heterocycles. The molecule has 3 atom stereocenters. The van der Waals surface area contributed by atoms with Gasteiger partial charge in [0.15, 0.2) is 0 Å². The summed E-state index contributed by atoms with van der Waals surface area (Å²) in [6.07, 6.45) is 2.15. The lowest BCUT2D eigenvalue weighted by atomic mass is 10.0. The van der Waals surface area contributed by atoms with Crippen LogP contribution in [-0.2, 0) is 11.2 Å². The summed E-state index contributed by atoms with van der Waals surface area (Å²) in [4.78, 5) is 0. The molecule has 110 valence electrons. The Morgan fingerprint density at radius 3 is 3.10 bits per heavy atom. The van der Waals surface area contributed by atoms with Gasteiger partial charge in [-0.3, -0.25) is 0 Å². The molecular formula is C16H24N2O2. The van der Waals surface area contributed by atoms with Crippen LogP contribution < -0.4 is 15.4 Å². The highest BCUT2D eigenvalue weighted by atomic mass is 16.5. The zero-order valence-corrected chi connectivity index (χ0v) is 12.1. The summed E-state index contributed by atoms with van der Waals surface area (Å²) in [7, 11) is 0. The van der Waals surface area contributed by atoms with Crippen molar-refractivity contribution in [2.45, 2.75) is 37.9 Å². The molecule has 0 amide bonds. The smallest absolute Gasteiger partial charge is 0.122 e. The van der Waals surface area contributed by atoms with E-state index in [1.54, 1.807) is 0 Å². The highest BCUT2D eigenvalue weighted by Gasteiger charge is 2.22. The summed E-state index contributed by atoms with van der Waals surface area (Å²) >= 11 is 0. The summed E-state index contributed by atoms with van der Waals surface area (Å²) in [5.74, 6) is 1.04. The minimum Gasteiger partial charge on any atom is -0.492 e. The second-order valence-electron chi connectivity index (χ2n) is 5.85. The van der Waals surface area contributed by atoms with E-state index in [0.717, 1.165) is 45.0 Å². The molecule has 0 aromatic heterocycles.